The van der Waals surface area contributed by atoms with Crippen LogP contribution in [0.15, 0.2) is 46.9 Å². The first kappa shape index (κ1) is 25.6. The second-order valence-corrected chi connectivity index (χ2v) is 8.61. The van der Waals surface area contributed by atoms with E-state index in [1.807, 2.05) is 0 Å². The van der Waals surface area contributed by atoms with Crippen LogP contribution in [0, 0.1) is 5.92 Å². The highest BCUT2D eigenvalue weighted by Gasteiger charge is 2.27. The van der Waals surface area contributed by atoms with Gasteiger partial charge in [0, 0.05) is 9.50 Å². The summed E-state index contributed by atoms with van der Waals surface area (Å²) in [5, 5.41) is 3.04. The number of hydrogen-bond donors (Lipinski definition) is 3. The van der Waals surface area contributed by atoms with Gasteiger partial charge in [-0.2, -0.15) is 0 Å². The fraction of sp³-hybridized carbons (Fsp3) is 0.238. The summed E-state index contributed by atoms with van der Waals surface area (Å²) in [6, 6.07) is 9.96. The second-order valence-electron chi connectivity index (χ2n) is 6.91. The number of ether oxygens (including phenoxy) is 1. The van der Waals surface area contributed by atoms with Gasteiger partial charge < -0.3 is 10.1 Å². The van der Waals surface area contributed by atoms with Crippen molar-refractivity contribution in [2.24, 2.45) is 5.92 Å². The van der Waals surface area contributed by atoms with Gasteiger partial charge in [-0.3, -0.25) is 25.2 Å². The molecule has 0 saturated heterocycles. The Hall–Kier alpha value is -2.62. The van der Waals surface area contributed by atoms with Gasteiger partial charge in [-0.25, -0.2) is 4.79 Å². The van der Waals surface area contributed by atoms with Crippen LogP contribution < -0.4 is 16.2 Å². The Morgan fingerprint density at radius 1 is 0.969 bits per heavy atom. The fourth-order valence-corrected chi connectivity index (χ4v) is 3.45. The second kappa shape index (κ2) is 11.8. The van der Waals surface area contributed by atoms with E-state index < -0.39 is 36.3 Å². The number of nitrogens with one attached hydrogen (secondary N) is 3. The van der Waals surface area contributed by atoms with Gasteiger partial charge in [-0.05, 0) is 52.2 Å². The van der Waals surface area contributed by atoms with Gasteiger partial charge in [0.1, 0.15) is 6.04 Å². The summed E-state index contributed by atoms with van der Waals surface area (Å²) in [5.74, 6) is -3.05. The molecule has 0 heterocycles. The van der Waals surface area contributed by atoms with Crippen LogP contribution in [0.5, 0.6) is 0 Å². The number of halogens is 3. The summed E-state index contributed by atoms with van der Waals surface area (Å²) < 4.78 is 5.55. The number of benzene rings is 2. The first-order valence-electron chi connectivity index (χ1n) is 9.36. The minimum Gasteiger partial charge on any atom is -0.454 e. The molecule has 0 radical (unpaired) electrons. The van der Waals surface area contributed by atoms with Crippen molar-refractivity contribution >= 4 is 62.8 Å². The lowest BCUT2D eigenvalue weighted by Gasteiger charge is -2.21. The molecular weight excluding hydrogens is 525 g/mol. The third-order valence-corrected chi connectivity index (χ3v) is 5.40. The van der Waals surface area contributed by atoms with Crippen molar-refractivity contribution in [3.05, 3.63) is 68.1 Å². The molecule has 11 heteroatoms. The number of amides is 3. The van der Waals surface area contributed by atoms with Crippen LogP contribution in [0.2, 0.25) is 10.0 Å². The van der Waals surface area contributed by atoms with Gasteiger partial charge in [0.05, 0.1) is 16.1 Å². The highest BCUT2D eigenvalue weighted by molar-refractivity contribution is 9.10. The van der Waals surface area contributed by atoms with Gasteiger partial charge in [-0.15, -0.1) is 0 Å². The van der Waals surface area contributed by atoms with E-state index in [1.165, 1.54) is 18.2 Å². The molecule has 0 saturated carbocycles. The number of carbonyl (C=O) groups is 4. The van der Waals surface area contributed by atoms with Gasteiger partial charge >= 0.3 is 5.97 Å². The maximum absolute atomic E-state index is 12.5. The number of esters is 1. The normalized spacial score (nSPS) is 11.4. The van der Waals surface area contributed by atoms with Crippen LogP contribution in [-0.4, -0.2) is 36.3 Å². The van der Waals surface area contributed by atoms with E-state index in [4.69, 9.17) is 27.9 Å². The summed E-state index contributed by atoms with van der Waals surface area (Å²) in [4.78, 5) is 49.0. The van der Waals surface area contributed by atoms with Gasteiger partial charge in [0.15, 0.2) is 6.61 Å². The molecule has 3 amide bonds. The lowest BCUT2D eigenvalue weighted by atomic mass is 10.0. The summed E-state index contributed by atoms with van der Waals surface area (Å²) in [7, 11) is 0. The molecule has 0 aliphatic rings. The van der Waals surface area contributed by atoms with Crippen LogP contribution in [0.4, 0.5) is 0 Å². The predicted octanol–water partition coefficient (Wildman–Crippen LogP) is 3.51. The van der Waals surface area contributed by atoms with Crippen LogP contribution in [-0.2, 0) is 14.3 Å². The monoisotopic (exact) mass is 543 g/mol. The molecule has 0 bridgehead atoms. The Kier molecular flexibility index (Phi) is 9.49. The van der Waals surface area contributed by atoms with Crippen molar-refractivity contribution in [3.8, 4) is 0 Å². The van der Waals surface area contributed by atoms with E-state index in [0.717, 1.165) is 0 Å². The zero-order valence-corrected chi connectivity index (χ0v) is 20.2. The molecule has 170 valence electrons. The summed E-state index contributed by atoms with van der Waals surface area (Å²) in [6.45, 7) is 2.75. The Morgan fingerprint density at radius 3 is 2.28 bits per heavy atom. The maximum Gasteiger partial charge on any atom is 0.329 e. The zero-order valence-electron chi connectivity index (χ0n) is 17.1. The molecule has 2 aromatic carbocycles. The minimum atomic E-state index is -1.03. The first-order chi connectivity index (χ1) is 15.1. The van der Waals surface area contributed by atoms with Gasteiger partial charge in [0.2, 0.25) is 0 Å². The molecule has 0 aliphatic carbocycles. The van der Waals surface area contributed by atoms with Gasteiger partial charge in [0.25, 0.3) is 17.7 Å². The summed E-state index contributed by atoms with van der Waals surface area (Å²) in [5.41, 5.74) is 4.84. The maximum atomic E-state index is 12.5. The fourth-order valence-electron chi connectivity index (χ4n) is 2.49. The molecule has 2 aromatic rings. The van der Waals surface area contributed by atoms with Crippen LogP contribution in [0.3, 0.4) is 0 Å². The molecular formula is C21H20BrCl2N3O5. The van der Waals surface area contributed by atoms with Crippen molar-refractivity contribution in [1.82, 2.24) is 16.2 Å². The summed E-state index contributed by atoms with van der Waals surface area (Å²) in [6.07, 6.45) is 0. The average Bonchev–Trinajstić information content (AvgIpc) is 2.74. The zero-order chi connectivity index (χ0) is 23.8. The lowest BCUT2D eigenvalue weighted by Crippen LogP contribution is -2.47. The van der Waals surface area contributed by atoms with E-state index in [2.05, 4.69) is 32.1 Å². The molecule has 1 atom stereocenters. The van der Waals surface area contributed by atoms with E-state index >= 15 is 0 Å². The highest BCUT2D eigenvalue weighted by atomic mass is 79.9. The Bertz CT molecular complexity index is 1030. The average molecular weight is 545 g/mol. The summed E-state index contributed by atoms with van der Waals surface area (Å²) >= 11 is 15.1. The number of hydrogen-bond acceptors (Lipinski definition) is 5. The van der Waals surface area contributed by atoms with Crippen molar-refractivity contribution in [3.63, 3.8) is 0 Å². The number of hydrazine groups is 1. The van der Waals surface area contributed by atoms with E-state index in [-0.39, 0.29) is 16.5 Å². The van der Waals surface area contributed by atoms with Crippen LogP contribution in [0.1, 0.15) is 34.6 Å². The smallest absolute Gasteiger partial charge is 0.329 e. The van der Waals surface area contributed by atoms with E-state index in [1.54, 1.807) is 38.1 Å². The van der Waals surface area contributed by atoms with Crippen molar-refractivity contribution in [2.75, 3.05) is 6.61 Å². The van der Waals surface area contributed by atoms with Crippen molar-refractivity contribution < 1.29 is 23.9 Å². The molecule has 0 fully saturated rings. The molecule has 0 aliphatic heterocycles. The molecule has 0 unspecified atom stereocenters. The van der Waals surface area contributed by atoms with Crippen LogP contribution >= 0.6 is 39.1 Å². The molecule has 0 spiro atoms. The Balaban J connectivity index is 1.89. The first-order valence-corrected chi connectivity index (χ1v) is 10.9. The third-order valence-electron chi connectivity index (χ3n) is 4.16. The molecule has 3 N–H and O–H groups in total. The van der Waals surface area contributed by atoms with Crippen LogP contribution in [0.25, 0.3) is 0 Å². The number of rotatable bonds is 7. The molecule has 8 nitrogen and oxygen atoms in total. The van der Waals surface area contributed by atoms with Gasteiger partial charge in [-0.1, -0.05) is 49.2 Å². The Morgan fingerprint density at radius 2 is 1.66 bits per heavy atom. The minimum absolute atomic E-state index is 0.131. The van der Waals surface area contributed by atoms with Crippen molar-refractivity contribution in [1.29, 1.82) is 0 Å². The molecule has 2 rings (SSSR count). The molecule has 32 heavy (non-hydrogen) atoms. The van der Waals surface area contributed by atoms with E-state index in [0.29, 0.717) is 15.1 Å². The SMILES string of the molecule is CC(C)[C@H](NC(=O)c1ccc(Cl)cc1Cl)C(=O)OCC(=O)NNC(=O)c1ccccc1Br. The largest absolute Gasteiger partial charge is 0.454 e. The third kappa shape index (κ3) is 7.22. The quantitative estimate of drug-likeness (QED) is 0.364. The standard InChI is InChI=1S/C21H20BrCl2N3O5/c1-11(2)18(25-19(29)14-8-7-12(23)9-16(14)24)21(31)32-10-17(28)26-27-20(30)13-5-3-4-6-15(13)22/h3-9,11,18H,10H2,1-2H3,(H,25,29)(H,26,28)(H,27,30)/t18-/m0/s1. The predicted molar refractivity (Wildman–Crippen MR) is 123 cm³/mol. The Labute approximate surface area is 203 Å². The lowest BCUT2D eigenvalue weighted by molar-refractivity contribution is -0.151. The number of carbonyl (C=O) groups excluding carboxylic acids is 4. The molecule has 0 aromatic heterocycles. The van der Waals surface area contributed by atoms with Crippen molar-refractivity contribution in [2.45, 2.75) is 19.9 Å². The highest BCUT2D eigenvalue weighted by Crippen LogP contribution is 2.21. The topological polar surface area (TPSA) is 114 Å². The van der Waals surface area contributed by atoms with E-state index in [9.17, 15) is 19.2 Å².